The number of rotatable bonds is 9. The third-order valence-electron chi connectivity index (χ3n) is 3.70. The van der Waals surface area contributed by atoms with E-state index in [0.717, 1.165) is 0 Å². The molecule has 6 nitrogen and oxygen atoms in total. The van der Waals surface area contributed by atoms with Crippen LogP contribution < -0.4 is 10.6 Å². The average molecular weight is 320 g/mol. The molecule has 6 heteroatoms. The molecule has 1 atom stereocenters. The normalized spacial score (nSPS) is 13.0. The van der Waals surface area contributed by atoms with Gasteiger partial charge >= 0.3 is 5.97 Å². The van der Waals surface area contributed by atoms with Crippen LogP contribution in [0.25, 0.3) is 0 Å². The minimum absolute atomic E-state index is 0.00629. The lowest BCUT2D eigenvalue weighted by Crippen LogP contribution is -2.44. The highest BCUT2D eigenvalue weighted by Gasteiger charge is 2.35. The van der Waals surface area contributed by atoms with Gasteiger partial charge in [0.2, 0.25) is 11.8 Å². The number of carbonyl (C=O) groups is 3. The summed E-state index contributed by atoms with van der Waals surface area (Å²) in [4.78, 5) is 34.7. The van der Waals surface area contributed by atoms with E-state index in [4.69, 9.17) is 0 Å². The Morgan fingerprint density at radius 1 is 1.04 bits per heavy atom. The van der Waals surface area contributed by atoms with Crippen molar-refractivity contribution in [3.8, 4) is 0 Å². The smallest absolute Gasteiger partial charge is 0.315 e. The summed E-state index contributed by atoms with van der Waals surface area (Å²) in [5.41, 5.74) is -0.550. The number of benzene rings is 1. The van der Waals surface area contributed by atoms with Crippen LogP contribution in [0.1, 0.15) is 38.7 Å². The summed E-state index contributed by atoms with van der Waals surface area (Å²) in [6.45, 7) is 3.99. The molecule has 0 saturated heterocycles. The van der Waals surface area contributed by atoms with E-state index >= 15 is 0 Å². The molecule has 0 aromatic heterocycles. The van der Waals surface area contributed by atoms with Crippen molar-refractivity contribution in [2.24, 2.45) is 0 Å². The van der Waals surface area contributed by atoms with E-state index in [1.807, 2.05) is 13.0 Å². The molecule has 0 aliphatic carbocycles. The van der Waals surface area contributed by atoms with Crippen molar-refractivity contribution in [1.82, 2.24) is 10.6 Å². The fourth-order valence-electron chi connectivity index (χ4n) is 2.17. The van der Waals surface area contributed by atoms with Gasteiger partial charge in [0.1, 0.15) is 5.41 Å². The summed E-state index contributed by atoms with van der Waals surface area (Å²) < 4.78 is 0. The number of carboxylic acid groups (broad SMARTS) is 1. The number of hydrogen-bond acceptors (Lipinski definition) is 3. The molecule has 23 heavy (non-hydrogen) atoms. The second-order valence-corrected chi connectivity index (χ2v) is 5.59. The van der Waals surface area contributed by atoms with Gasteiger partial charge in [-0.1, -0.05) is 30.3 Å². The summed E-state index contributed by atoms with van der Waals surface area (Å²) in [6.07, 6.45) is 0.921. The van der Waals surface area contributed by atoms with E-state index in [1.54, 1.807) is 31.2 Å². The predicted octanol–water partition coefficient (Wildman–Crippen LogP) is 1.45. The van der Waals surface area contributed by atoms with Crippen LogP contribution in [0, 0.1) is 0 Å². The molecular weight excluding hydrogens is 296 g/mol. The van der Waals surface area contributed by atoms with Crippen LogP contribution >= 0.6 is 0 Å². The van der Waals surface area contributed by atoms with E-state index < -0.39 is 11.4 Å². The number of nitrogens with one attached hydrogen (secondary N) is 2. The van der Waals surface area contributed by atoms with Crippen molar-refractivity contribution in [3.63, 3.8) is 0 Å². The largest absolute Gasteiger partial charge is 0.481 e. The first-order valence-corrected chi connectivity index (χ1v) is 7.72. The molecule has 1 aromatic carbocycles. The Hall–Kier alpha value is -2.37. The molecule has 3 N–H and O–H groups in total. The van der Waals surface area contributed by atoms with E-state index in [-0.39, 0.29) is 31.2 Å². The number of aliphatic carboxylic acids is 1. The molecule has 0 saturated carbocycles. The van der Waals surface area contributed by atoms with Crippen molar-refractivity contribution in [2.45, 2.75) is 38.5 Å². The quantitative estimate of drug-likeness (QED) is 0.642. The molecule has 0 heterocycles. The van der Waals surface area contributed by atoms with Crippen LogP contribution in [0.4, 0.5) is 0 Å². The third kappa shape index (κ3) is 5.73. The van der Waals surface area contributed by atoms with E-state index in [0.29, 0.717) is 18.5 Å². The van der Waals surface area contributed by atoms with Gasteiger partial charge in [0.15, 0.2) is 0 Å². The molecule has 1 aromatic rings. The maximum absolute atomic E-state index is 11.8. The summed E-state index contributed by atoms with van der Waals surface area (Å²) in [5, 5.41) is 14.8. The fraction of sp³-hybridized carbons (Fsp3) is 0.471. The van der Waals surface area contributed by atoms with Gasteiger partial charge < -0.3 is 15.7 Å². The van der Waals surface area contributed by atoms with Gasteiger partial charge in [-0.25, -0.2) is 0 Å². The Balaban J connectivity index is 2.52. The van der Waals surface area contributed by atoms with Crippen molar-refractivity contribution < 1.29 is 19.5 Å². The van der Waals surface area contributed by atoms with Crippen molar-refractivity contribution in [1.29, 1.82) is 0 Å². The van der Waals surface area contributed by atoms with Crippen LogP contribution in [0.3, 0.4) is 0 Å². The summed E-state index contributed by atoms with van der Waals surface area (Å²) >= 11 is 0. The lowest BCUT2D eigenvalue weighted by Gasteiger charge is -2.25. The van der Waals surface area contributed by atoms with Crippen LogP contribution in [0.2, 0.25) is 0 Å². The monoisotopic (exact) mass is 320 g/mol. The van der Waals surface area contributed by atoms with Gasteiger partial charge in [0, 0.05) is 25.9 Å². The van der Waals surface area contributed by atoms with Gasteiger partial charge in [-0.3, -0.25) is 14.4 Å². The minimum Gasteiger partial charge on any atom is -0.481 e. The summed E-state index contributed by atoms with van der Waals surface area (Å²) in [5.74, 6) is -1.33. The van der Waals surface area contributed by atoms with E-state index in [2.05, 4.69) is 10.6 Å². The molecule has 1 rings (SSSR count). The number of hydrogen-bond donors (Lipinski definition) is 3. The molecule has 1 unspecified atom stereocenters. The van der Waals surface area contributed by atoms with Gasteiger partial charge in [0.05, 0.1) is 0 Å². The molecule has 2 amide bonds. The van der Waals surface area contributed by atoms with Crippen LogP contribution in [-0.4, -0.2) is 36.0 Å². The maximum atomic E-state index is 11.8. The molecule has 126 valence electrons. The lowest BCUT2D eigenvalue weighted by atomic mass is 9.82. The molecular formula is C17H24N2O4. The first kappa shape index (κ1) is 18.7. The standard InChI is InChI=1S/C17H24N2O4/c1-3-18-14(20)10-7-11-15(21)19-12-17(2,16(22)23)13-8-5-4-6-9-13/h4-6,8-9H,3,7,10-12H2,1-2H3,(H,18,20)(H,19,21)(H,22,23). The minimum atomic E-state index is -1.18. The van der Waals surface area contributed by atoms with Gasteiger partial charge in [-0.15, -0.1) is 0 Å². The van der Waals surface area contributed by atoms with Crippen LogP contribution in [0.5, 0.6) is 0 Å². The van der Waals surface area contributed by atoms with Crippen molar-refractivity contribution in [3.05, 3.63) is 35.9 Å². The lowest BCUT2D eigenvalue weighted by molar-refractivity contribution is -0.143. The zero-order chi connectivity index (χ0) is 17.3. The Morgan fingerprint density at radius 2 is 1.61 bits per heavy atom. The number of carboxylic acids is 1. The van der Waals surface area contributed by atoms with Gasteiger partial charge in [0.25, 0.3) is 0 Å². The molecule has 0 bridgehead atoms. The van der Waals surface area contributed by atoms with Gasteiger partial charge in [-0.05, 0) is 25.8 Å². The SMILES string of the molecule is CCNC(=O)CCCC(=O)NCC(C)(C(=O)O)c1ccccc1. The fourth-order valence-corrected chi connectivity index (χ4v) is 2.17. The highest BCUT2D eigenvalue weighted by Crippen LogP contribution is 2.23. The second kappa shape index (κ2) is 8.92. The number of carbonyl (C=O) groups excluding carboxylic acids is 2. The van der Waals surface area contributed by atoms with Gasteiger partial charge in [-0.2, -0.15) is 0 Å². The zero-order valence-electron chi connectivity index (χ0n) is 13.6. The van der Waals surface area contributed by atoms with Crippen LogP contribution in [-0.2, 0) is 19.8 Å². The Labute approximate surface area is 136 Å². The highest BCUT2D eigenvalue weighted by atomic mass is 16.4. The molecule has 0 aliphatic heterocycles. The van der Waals surface area contributed by atoms with E-state index in [9.17, 15) is 19.5 Å². The zero-order valence-corrected chi connectivity index (χ0v) is 13.6. The van der Waals surface area contributed by atoms with Crippen molar-refractivity contribution >= 4 is 17.8 Å². The average Bonchev–Trinajstić information content (AvgIpc) is 2.53. The first-order chi connectivity index (χ1) is 10.9. The van der Waals surface area contributed by atoms with E-state index in [1.165, 1.54) is 0 Å². The molecule has 0 fully saturated rings. The Bertz CT molecular complexity index is 545. The predicted molar refractivity (Wildman–Crippen MR) is 87.0 cm³/mol. The highest BCUT2D eigenvalue weighted by molar-refractivity contribution is 5.83. The van der Waals surface area contributed by atoms with Crippen molar-refractivity contribution in [2.75, 3.05) is 13.1 Å². The summed E-state index contributed by atoms with van der Waals surface area (Å²) in [6, 6.07) is 8.81. The second-order valence-electron chi connectivity index (χ2n) is 5.59. The molecule has 0 spiro atoms. The number of amides is 2. The molecule has 0 radical (unpaired) electrons. The maximum Gasteiger partial charge on any atom is 0.315 e. The Morgan fingerprint density at radius 3 is 2.13 bits per heavy atom. The summed E-state index contributed by atoms with van der Waals surface area (Å²) in [7, 11) is 0. The first-order valence-electron chi connectivity index (χ1n) is 7.72. The van der Waals surface area contributed by atoms with Crippen LogP contribution in [0.15, 0.2) is 30.3 Å². The Kier molecular flexibility index (Phi) is 7.25. The third-order valence-corrected chi connectivity index (χ3v) is 3.70. The topological polar surface area (TPSA) is 95.5 Å². The molecule has 0 aliphatic rings.